The summed E-state index contributed by atoms with van der Waals surface area (Å²) >= 11 is 0. The number of para-hydroxylation sites is 1. The van der Waals surface area contributed by atoms with Gasteiger partial charge in [0.2, 0.25) is 0 Å². The predicted molar refractivity (Wildman–Crippen MR) is 85.1 cm³/mol. The van der Waals surface area contributed by atoms with Gasteiger partial charge in [-0.05, 0) is 56.0 Å². The summed E-state index contributed by atoms with van der Waals surface area (Å²) in [4.78, 5) is 0. The Morgan fingerprint density at radius 2 is 2.00 bits per heavy atom. The number of hydrogen-bond donors (Lipinski definition) is 2. The van der Waals surface area contributed by atoms with E-state index in [2.05, 4.69) is 30.4 Å². The quantitative estimate of drug-likeness (QED) is 0.806. The molecule has 0 saturated heterocycles. The van der Waals surface area contributed by atoms with Gasteiger partial charge in [0.1, 0.15) is 11.5 Å². The standard InChI is InChI=1S/C18H21NO2/c1-12-5-3-6-15-16(7-4-10-21-18(12)15)19-14-8-9-17(20)13(2)11-14/h3,5-6,8-9,11,16,19-20H,4,7,10H2,1-2H3. The van der Waals surface area contributed by atoms with E-state index in [-0.39, 0.29) is 6.04 Å². The topological polar surface area (TPSA) is 41.5 Å². The molecule has 2 aromatic rings. The van der Waals surface area contributed by atoms with Crippen LogP contribution in [0.4, 0.5) is 5.69 Å². The molecule has 3 heteroatoms. The lowest BCUT2D eigenvalue weighted by atomic mass is 9.99. The summed E-state index contributed by atoms with van der Waals surface area (Å²) < 4.78 is 5.91. The minimum absolute atomic E-state index is 0.242. The van der Waals surface area contributed by atoms with Gasteiger partial charge in [-0.3, -0.25) is 0 Å². The molecule has 0 saturated carbocycles. The summed E-state index contributed by atoms with van der Waals surface area (Å²) in [5.74, 6) is 1.35. The number of ether oxygens (including phenoxy) is 1. The number of hydrogen-bond acceptors (Lipinski definition) is 3. The molecule has 110 valence electrons. The first kappa shape index (κ1) is 13.8. The Labute approximate surface area is 125 Å². The summed E-state index contributed by atoms with van der Waals surface area (Å²) in [5.41, 5.74) is 4.32. The Balaban J connectivity index is 1.92. The number of anilines is 1. The second kappa shape index (κ2) is 5.68. The number of nitrogens with one attached hydrogen (secondary N) is 1. The highest BCUT2D eigenvalue weighted by molar-refractivity contribution is 5.53. The van der Waals surface area contributed by atoms with E-state index in [0.717, 1.165) is 36.4 Å². The van der Waals surface area contributed by atoms with E-state index in [1.807, 2.05) is 19.1 Å². The zero-order chi connectivity index (χ0) is 14.8. The lowest BCUT2D eigenvalue weighted by molar-refractivity contribution is 0.314. The van der Waals surface area contributed by atoms with Crippen LogP contribution in [0, 0.1) is 13.8 Å². The number of rotatable bonds is 2. The summed E-state index contributed by atoms with van der Waals surface area (Å²) in [7, 11) is 0. The number of fused-ring (bicyclic) bond motifs is 1. The van der Waals surface area contributed by atoms with E-state index in [0.29, 0.717) is 5.75 Å². The summed E-state index contributed by atoms with van der Waals surface area (Å²) in [6, 6.07) is 12.2. The average Bonchev–Trinajstić information content (AvgIpc) is 2.67. The van der Waals surface area contributed by atoms with Gasteiger partial charge in [0.05, 0.1) is 12.6 Å². The van der Waals surface area contributed by atoms with Crippen molar-refractivity contribution in [3.05, 3.63) is 53.1 Å². The Hall–Kier alpha value is -2.16. The fraction of sp³-hybridized carbons (Fsp3) is 0.333. The third-order valence-corrected chi connectivity index (χ3v) is 4.04. The average molecular weight is 283 g/mol. The first-order valence-electron chi connectivity index (χ1n) is 7.43. The highest BCUT2D eigenvalue weighted by Crippen LogP contribution is 2.36. The van der Waals surface area contributed by atoms with Gasteiger partial charge in [0.15, 0.2) is 0 Å². The molecule has 1 aliphatic heterocycles. The number of aromatic hydroxyl groups is 1. The van der Waals surface area contributed by atoms with Gasteiger partial charge in [-0.15, -0.1) is 0 Å². The normalized spacial score (nSPS) is 17.5. The van der Waals surface area contributed by atoms with Gasteiger partial charge in [-0.1, -0.05) is 18.2 Å². The van der Waals surface area contributed by atoms with Crippen molar-refractivity contribution in [3.63, 3.8) is 0 Å². The lowest BCUT2D eigenvalue weighted by Gasteiger charge is -2.21. The highest BCUT2D eigenvalue weighted by atomic mass is 16.5. The highest BCUT2D eigenvalue weighted by Gasteiger charge is 2.20. The van der Waals surface area contributed by atoms with Crippen LogP contribution in [-0.4, -0.2) is 11.7 Å². The number of benzene rings is 2. The Bertz CT molecular complexity index is 652. The largest absolute Gasteiger partial charge is 0.508 e. The predicted octanol–water partition coefficient (Wildman–Crippen LogP) is 4.33. The molecule has 0 fully saturated rings. The molecular formula is C18H21NO2. The van der Waals surface area contributed by atoms with Gasteiger partial charge in [-0.2, -0.15) is 0 Å². The van der Waals surface area contributed by atoms with Crippen molar-refractivity contribution in [2.45, 2.75) is 32.7 Å². The van der Waals surface area contributed by atoms with Crippen LogP contribution in [0.3, 0.4) is 0 Å². The molecule has 0 aliphatic carbocycles. The van der Waals surface area contributed by atoms with Crippen LogP contribution in [0.25, 0.3) is 0 Å². The van der Waals surface area contributed by atoms with Gasteiger partial charge in [-0.25, -0.2) is 0 Å². The molecule has 3 nitrogen and oxygen atoms in total. The molecule has 21 heavy (non-hydrogen) atoms. The lowest BCUT2D eigenvalue weighted by Crippen LogP contribution is -2.10. The fourth-order valence-electron chi connectivity index (χ4n) is 2.86. The maximum atomic E-state index is 9.64. The molecular weight excluding hydrogens is 262 g/mol. The zero-order valence-electron chi connectivity index (χ0n) is 12.5. The minimum Gasteiger partial charge on any atom is -0.508 e. The fourth-order valence-corrected chi connectivity index (χ4v) is 2.86. The molecule has 1 aliphatic rings. The van der Waals surface area contributed by atoms with Crippen molar-refractivity contribution in [2.75, 3.05) is 11.9 Å². The van der Waals surface area contributed by atoms with Crippen LogP contribution in [0.15, 0.2) is 36.4 Å². The van der Waals surface area contributed by atoms with Crippen LogP contribution in [0.1, 0.15) is 35.6 Å². The second-order valence-corrected chi connectivity index (χ2v) is 5.68. The Morgan fingerprint density at radius 3 is 2.81 bits per heavy atom. The van der Waals surface area contributed by atoms with E-state index >= 15 is 0 Å². The first-order valence-corrected chi connectivity index (χ1v) is 7.43. The smallest absolute Gasteiger partial charge is 0.127 e. The maximum Gasteiger partial charge on any atom is 0.127 e. The van der Waals surface area contributed by atoms with Crippen molar-refractivity contribution in [3.8, 4) is 11.5 Å². The van der Waals surface area contributed by atoms with E-state index in [1.54, 1.807) is 6.07 Å². The molecule has 2 N–H and O–H groups in total. The van der Waals surface area contributed by atoms with E-state index in [4.69, 9.17) is 4.74 Å². The van der Waals surface area contributed by atoms with Gasteiger partial charge in [0.25, 0.3) is 0 Å². The molecule has 1 atom stereocenters. The summed E-state index contributed by atoms with van der Waals surface area (Å²) in [5, 5.41) is 13.2. The van der Waals surface area contributed by atoms with Gasteiger partial charge >= 0.3 is 0 Å². The van der Waals surface area contributed by atoms with Crippen LogP contribution < -0.4 is 10.1 Å². The third kappa shape index (κ3) is 2.82. The zero-order valence-corrected chi connectivity index (χ0v) is 12.5. The second-order valence-electron chi connectivity index (χ2n) is 5.68. The Morgan fingerprint density at radius 1 is 1.14 bits per heavy atom. The van der Waals surface area contributed by atoms with Crippen LogP contribution in [0.2, 0.25) is 0 Å². The summed E-state index contributed by atoms with van der Waals surface area (Å²) in [6.07, 6.45) is 2.07. The van der Waals surface area contributed by atoms with Crippen LogP contribution in [-0.2, 0) is 0 Å². The summed E-state index contributed by atoms with van der Waals surface area (Å²) in [6.45, 7) is 4.77. The molecule has 1 heterocycles. The van der Waals surface area contributed by atoms with Crippen molar-refractivity contribution < 1.29 is 9.84 Å². The minimum atomic E-state index is 0.242. The van der Waals surface area contributed by atoms with Crippen molar-refractivity contribution in [1.82, 2.24) is 0 Å². The SMILES string of the molecule is Cc1cc(NC2CCCOc3c(C)cccc32)ccc1O. The van der Waals surface area contributed by atoms with Crippen LogP contribution in [0.5, 0.6) is 11.5 Å². The van der Waals surface area contributed by atoms with Gasteiger partial charge < -0.3 is 15.2 Å². The van der Waals surface area contributed by atoms with Crippen molar-refractivity contribution >= 4 is 5.69 Å². The maximum absolute atomic E-state index is 9.64. The monoisotopic (exact) mass is 283 g/mol. The number of aryl methyl sites for hydroxylation is 2. The third-order valence-electron chi connectivity index (χ3n) is 4.04. The van der Waals surface area contributed by atoms with E-state index in [9.17, 15) is 5.11 Å². The van der Waals surface area contributed by atoms with Crippen molar-refractivity contribution in [1.29, 1.82) is 0 Å². The molecule has 0 spiro atoms. The van der Waals surface area contributed by atoms with E-state index < -0.39 is 0 Å². The molecule has 0 aromatic heterocycles. The number of phenolic OH excluding ortho intramolecular Hbond substituents is 1. The van der Waals surface area contributed by atoms with Crippen molar-refractivity contribution in [2.24, 2.45) is 0 Å². The van der Waals surface area contributed by atoms with Crippen LogP contribution >= 0.6 is 0 Å². The molecule has 1 unspecified atom stereocenters. The van der Waals surface area contributed by atoms with Gasteiger partial charge in [0, 0.05) is 11.3 Å². The van der Waals surface area contributed by atoms with E-state index in [1.165, 1.54) is 11.1 Å². The Kier molecular flexibility index (Phi) is 3.74. The molecule has 3 rings (SSSR count). The molecule has 0 amide bonds. The number of phenols is 1. The molecule has 0 bridgehead atoms. The first-order chi connectivity index (χ1) is 10.1. The molecule has 0 radical (unpaired) electrons. The molecule has 2 aromatic carbocycles.